The van der Waals surface area contributed by atoms with Crippen LogP contribution in [-0.2, 0) is 0 Å². The second-order valence-electron chi connectivity index (χ2n) is 10.5. The summed E-state index contributed by atoms with van der Waals surface area (Å²) in [4.78, 5) is 5.63. The van der Waals surface area contributed by atoms with Crippen LogP contribution in [-0.4, -0.2) is 47.5 Å². The van der Waals surface area contributed by atoms with E-state index < -0.39 is 0 Å². The molecule has 0 aliphatic carbocycles. The van der Waals surface area contributed by atoms with Gasteiger partial charge >= 0.3 is 0 Å². The van der Waals surface area contributed by atoms with Crippen molar-refractivity contribution in [2.75, 3.05) is 13.1 Å². The average molecular weight is 378 g/mol. The summed E-state index contributed by atoms with van der Waals surface area (Å²) in [7, 11) is 0. The molecule has 0 saturated heterocycles. The Morgan fingerprint density at radius 3 is 0.963 bits per heavy atom. The Morgan fingerprint density at radius 2 is 0.778 bits per heavy atom. The van der Waals surface area contributed by atoms with Crippen molar-refractivity contribution in [2.45, 2.75) is 138 Å². The number of nitrogens with zero attached hydrogens (tertiary/aromatic N) is 2. The van der Waals surface area contributed by atoms with Crippen molar-refractivity contribution >= 4 is 13.7 Å². The van der Waals surface area contributed by atoms with Gasteiger partial charge in [-0.25, -0.2) is 0 Å². The molecule has 27 heavy (non-hydrogen) atoms. The van der Waals surface area contributed by atoms with E-state index in [0.717, 1.165) is 13.7 Å². The van der Waals surface area contributed by atoms with Gasteiger partial charge in [-0.2, -0.15) is 0 Å². The maximum atomic E-state index is 2.81. The fraction of sp³-hybridized carbons (Fsp3) is 1.00. The molecule has 0 rings (SSSR count). The Morgan fingerprint density at radius 1 is 0.519 bits per heavy atom. The molecule has 0 unspecified atom stereocenters. The summed E-state index contributed by atoms with van der Waals surface area (Å²) in [5, 5.41) is 0. The number of rotatable bonds is 14. The summed E-state index contributed by atoms with van der Waals surface area (Å²) in [6, 6.07) is 0. The van der Waals surface area contributed by atoms with Crippen LogP contribution in [0.15, 0.2) is 0 Å². The molecule has 0 aromatic heterocycles. The molecule has 0 N–H and O–H groups in total. The molecular weight excluding hydrogens is 326 g/mol. The van der Waals surface area contributed by atoms with Gasteiger partial charge in [-0.1, -0.05) is 78.7 Å². The van der Waals surface area contributed by atoms with E-state index in [4.69, 9.17) is 0 Å². The molecule has 0 saturated carbocycles. The molecule has 0 bridgehead atoms. The van der Waals surface area contributed by atoms with Gasteiger partial charge in [0, 0.05) is 11.1 Å². The highest BCUT2D eigenvalue weighted by Gasteiger charge is 2.33. The van der Waals surface area contributed by atoms with Crippen LogP contribution in [0.2, 0.25) is 25.3 Å². The van der Waals surface area contributed by atoms with Crippen LogP contribution >= 0.6 is 0 Å². The standard InChI is InChI=1S/C23H52B2N2/c1-11-16-24(17-12-2)26(22(5,6)7)20-15-21-27(23(8,9)10)25(18-13-3)19-14-4/h11-21H2,1-10H3. The molecule has 0 aliphatic rings. The molecular formula is C23H52B2N2. The van der Waals surface area contributed by atoms with Crippen LogP contribution in [0.25, 0.3) is 0 Å². The maximum Gasteiger partial charge on any atom is 0.223 e. The van der Waals surface area contributed by atoms with Crippen LogP contribution in [0.5, 0.6) is 0 Å². The van der Waals surface area contributed by atoms with Crippen molar-refractivity contribution in [2.24, 2.45) is 0 Å². The van der Waals surface area contributed by atoms with Crippen molar-refractivity contribution in [3.8, 4) is 0 Å². The first kappa shape index (κ1) is 27.0. The zero-order chi connectivity index (χ0) is 21.1. The first-order valence-electron chi connectivity index (χ1n) is 12.1. The van der Waals surface area contributed by atoms with E-state index in [1.54, 1.807) is 0 Å². The molecule has 2 nitrogen and oxygen atoms in total. The van der Waals surface area contributed by atoms with Crippen molar-refractivity contribution in [1.29, 1.82) is 0 Å². The molecule has 0 spiro atoms. The SMILES string of the molecule is CCCB(CCC)N(CCCN(B(CCC)CCC)C(C)(C)C)C(C)(C)C. The Kier molecular flexibility index (Phi) is 13.3. The van der Waals surface area contributed by atoms with Crippen LogP contribution < -0.4 is 0 Å². The topological polar surface area (TPSA) is 6.48 Å². The normalized spacial score (nSPS) is 12.9. The summed E-state index contributed by atoms with van der Waals surface area (Å²) in [6.07, 6.45) is 11.8. The first-order valence-corrected chi connectivity index (χ1v) is 12.1. The van der Waals surface area contributed by atoms with Crippen molar-refractivity contribution in [1.82, 2.24) is 9.62 Å². The summed E-state index contributed by atoms with van der Waals surface area (Å²) in [6.45, 7) is 27.7. The molecule has 0 aromatic rings. The molecule has 0 radical (unpaired) electrons. The Bertz CT molecular complexity index is 314. The molecule has 0 heterocycles. The van der Waals surface area contributed by atoms with E-state index in [1.807, 2.05) is 0 Å². The van der Waals surface area contributed by atoms with E-state index >= 15 is 0 Å². The van der Waals surface area contributed by atoms with Gasteiger partial charge in [-0.15, -0.1) is 0 Å². The van der Waals surface area contributed by atoms with E-state index in [9.17, 15) is 0 Å². The fourth-order valence-corrected chi connectivity index (χ4v) is 4.79. The molecule has 4 heteroatoms. The minimum absolute atomic E-state index is 0.258. The Balaban J connectivity index is 5.15. The highest BCUT2D eigenvalue weighted by Crippen LogP contribution is 2.25. The lowest BCUT2D eigenvalue weighted by molar-refractivity contribution is 0.206. The lowest BCUT2D eigenvalue weighted by atomic mass is 9.51. The summed E-state index contributed by atoms with van der Waals surface area (Å²) >= 11 is 0. The van der Waals surface area contributed by atoms with Gasteiger partial charge in [-0.3, -0.25) is 0 Å². The molecule has 0 atom stereocenters. The lowest BCUT2D eigenvalue weighted by Gasteiger charge is -2.44. The van der Waals surface area contributed by atoms with Gasteiger partial charge < -0.3 is 9.62 Å². The quantitative estimate of drug-likeness (QED) is 0.295. The summed E-state index contributed by atoms with van der Waals surface area (Å²) in [5.74, 6) is 0. The Hall–Kier alpha value is 0.0499. The molecule has 0 amide bonds. The summed E-state index contributed by atoms with van der Waals surface area (Å²) in [5.41, 5.74) is 0.515. The third-order valence-corrected chi connectivity index (χ3v) is 5.89. The smallest absolute Gasteiger partial charge is 0.223 e. The van der Waals surface area contributed by atoms with Crippen LogP contribution in [0.1, 0.15) is 101 Å². The highest BCUT2D eigenvalue weighted by atomic mass is 15.2. The van der Waals surface area contributed by atoms with Gasteiger partial charge in [0.1, 0.15) is 0 Å². The molecule has 0 aromatic carbocycles. The predicted molar refractivity (Wildman–Crippen MR) is 129 cm³/mol. The largest absolute Gasteiger partial charge is 0.337 e. The van der Waals surface area contributed by atoms with E-state index in [0.29, 0.717) is 0 Å². The number of hydrogen-bond donors (Lipinski definition) is 0. The second kappa shape index (κ2) is 13.3. The van der Waals surface area contributed by atoms with E-state index in [2.05, 4.69) is 78.9 Å². The monoisotopic (exact) mass is 378 g/mol. The van der Waals surface area contributed by atoms with Gasteiger partial charge in [-0.05, 0) is 61.1 Å². The minimum atomic E-state index is 0.258. The van der Waals surface area contributed by atoms with E-state index in [1.165, 1.54) is 70.5 Å². The summed E-state index contributed by atoms with van der Waals surface area (Å²) < 4.78 is 0. The third-order valence-electron chi connectivity index (χ3n) is 5.89. The minimum Gasteiger partial charge on any atom is -0.337 e. The average Bonchev–Trinajstić information content (AvgIpc) is 2.52. The third kappa shape index (κ3) is 10.4. The van der Waals surface area contributed by atoms with Gasteiger partial charge in [0.15, 0.2) is 0 Å². The van der Waals surface area contributed by atoms with Gasteiger partial charge in [0.2, 0.25) is 13.7 Å². The maximum absolute atomic E-state index is 2.81. The van der Waals surface area contributed by atoms with Crippen molar-refractivity contribution in [3.63, 3.8) is 0 Å². The van der Waals surface area contributed by atoms with Gasteiger partial charge in [0.05, 0.1) is 0 Å². The fourth-order valence-electron chi connectivity index (χ4n) is 4.79. The van der Waals surface area contributed by atoms with Crippen LogP contribution in [0.3, 0.4) is 0 Å². The molecule has 0 fully saturated rings. The van der Waals surface area contributed by atoms with Crippen molar-refractivity contribution in [3.05, 3.63) is 0 Å². The van der Waals surface area contributed by atoms with Gasteiger partial charge in [0.25, 0.3) is 0 Å². The number of hydrogen-bond acceptors (Lipinski definition) is 2. The second-order valence-corrected chi connectivity index (χ2v) is 10.5. The van der Waals surface area contributed by atoms with Crippen molar-refractivity contribution < 1.29 is 0 Å². The molecule has 160 valence electrons. The van der Waals surface area contributed by atoms with E-state index in [-0.39, 0.29) is 11.1 Å². The zero-order valence-electron chi connectivity index (χ0n) is 20.8. The predicted octanol–water partition coefficient (Wildman–Crippen LogP) is 7.20. The van der Waals surface area contributed by atoms with Crippen LogP contribution in [0.4, 0.5) is 0 Å². The zero-order valence-corrected chi connectivity index (χ0v) is 20.8. The molecule has 0 aliphatic heterocycles. The lowest BCUT2D eigenvalue weighted by Crippen LogP contribution is -2.54. The highest BCUT2D eigenvalue weighted by molar-refractivity contribution is 6.56. The Labute approximate surface area is 174 Å². The van der Waals surface area contributed by atoms with Crippen LogP contribution in [0, 0.1) is 0 Å². The first-order chi connectivity index (χ1) is 12.5.